The second-order valence-corrected chi connectivity index (χ2v) is 6.05. The van der Waals surface area contributed by atoms with E-state index in [1.165, 1.54) is 32.1 Å². The number of hydrogen-bond donors (Lipinski definition) is 1. The number of amides is 1. The molecule has 110 valence electrons. The van der Waals surface area contributed by atoms with Crippen LogP contribution in [-0.2, 0) is 4.79 Å². The van der Waals surface area contributed by atoms with Crippen LogP contribution in [0.1, 0.15) is 51.9 Å². The molecule has 19 heavy (non-hydrogen) atoms. The molecule has 1 aliphatic heterocycles. The van der Waals surface area contributed by atoms with Gasteiger partial charge in [-0.2, -0.15) is 0 Å². The Morgan fingerprint density at radius 2 is 1.79 bits per heavy atom. The van der Waals surface area contributed by atoms with Gasteiger partial charge >= 0.3 is 0 Å². The zero-order valence-corrected chi connectivity index (χ0v) is 12.3. The Morgan fingerprint density at radius 3 is 2.37 bits per heavy atom. The van der Waals surface area contributed by atoms with Crippen molar-refractivity contribution in [1.29, 1.82) is 0 Å². The van der Waals surface area contributed by atoms with Gasteiger partial charge in [0.15, 0.2) is 0 Å². The molecule has 0 bridgehead atoms. The molecule has 1 amide bonds. The van der Waals surface area contributed by atoms with Gasteiger partial charge in [0.05, 0.1) is 6.04 Å². The molecule has 1 aliphatic carbocycles. The monoisotopic (exact) mass is 267 g/mol. The summed E-state index contributed by atoms with van der Waals surface area (Å²) >= 11 is 0. The number of nitrogens with zero attached hydrogens (tertiary/aromatic N) is 2. The number of carbonyl (C=O) groups excluding carboxylic acids is 1. The van der Waals surface area contributed by atoms with E-state index >= 15 is 0 Å². The van der Waals surface area contributed by atoms with Gasteiger partial charge in [-0.1, -0.05) is 32.6 Å². The zero-order chi connectivity index (χ0) is 13.7. The van der Waals surface area contributed by atoms with E-state index in [0.29, 0.717) is 0 Å². The fourth-order valence-corrected chi connectivity index (χ4v) is 3.42. The minimum Gasteiger partial charge on any atom is -0.339 e. The first-order chi connectivity index (χ1) is 9.22. The molecule has 1 saturated carbocycles. The van der Waals surface area contributed by atoms with Crippen molar-refractivity contribution in [3.63, 3.8) is 0 Å². The third kappa shape index (κ3) is 3.93. The van der Waals surface area contributed by atoms with Gasteiger partial charge in [-0.15, -0.1) is 0 Å². The van der Waals surface area contributed by atoms with Crippen LogP contribution in [0, 0.1) is 0 Å². The van der Waals surface area contributed by atoms with Crippen LogP contribution >= 0.6 is 0 Å². The Bertz CT molecular complexity index is 281. The van der Waals surface area contributed by atoms with Crippen LogP contribution in [0.5, 0.6) is 0 Å². The van der Waals surface area contributed by atoms with E-state index in [1.54, 1.807) is 0 Å². The fraction of sp³-hybridized carbons (Fsp3) is 0.933. The molecule has 1 heterocycles. The molecule has 4 nitrogen and oxygen atoms in total. The van der Waals surface area contributed by atoms with E-state index in [1.807, 2.05) is 4.90 Å². The van der Waals surface area contributed by atoms with Crippen molar-refractivity contribution >= 4 is 5.91 Å². The molecule has 1 saturated heterocycles. The molecule has 2 aliphatic rings. The highest BCUT2D eigenvalue weighted by molar-refractivity contribution is 5.81. The molecular weight excluding hydrogens is 238 g/mol. The van der Waals surface area contributed by atoms with Crippen molar-refractivity contribution in [2.45, 2.75) is 64.0 Å². The molecule has 1 atom stereocenters. The summed E-state index contributed by atoms with van der Waals surface area (Å²) in [7, 11) is 0. The summed E-state index contributed by atoms with van der Waals surface area (Å²) in [6.07, 6.45) is 8.65. The highest BCUT2D eigenvalue weighted by Gasteiger charge is 2.28. The Kier molecular flexibility index (Phi) is 5.64. The summed E-state index contributed by atoms with van der Waals surface area (Å²) in [6, 6.07) is 0.488. The average Bonchev–Trinajstić information content (AvgIpc) is 2.48. The maximum absolute atomic E-state index is 12.2. The molecule has 0 spiro atoms. The summed E-state index contributed by atoms with van der Waals surface area (Å²) < 4.78 is 0. The second kappa shape index (κ2) is 7.25. The van der Waals surface area contributed by atoms with Crippen LogP contribution in [-0.4, -0.2) is 54.0 Å². The van der Waals surface area contributed by atoms with Gasteiger partial charge < -0.3 is 10.6 Å². The van der Waals surface area contributed by atoms with Gasteiger partial charge in [0.2, 0.25) is 5.91 Å². The molecule has 4 heteroatoms. The van der Waals surface area contributed by atoms with E-state index in [2.05, 4.69) is 11.8 Å². The molecule has 0 aromatic rings. The summed E-state index contributed by atoms with van der Waals surface area (Å²) in [5.74, 6) is 0.158. The summed E-state index contributed by atoms with van der Waals surface area (Å²) in [5, 5.41) is 0. The SMILES string of the molecule is CCC[C@@H](N)C(=O)N1CCN(C2CCCCC2)CC1. The predicted molar refractivity (Wildman–Crippen MR) is 77.9 cm³/mol. The molecule has 2 rings (SSSR count). The third-order valence-corrected chi connectivity index (χ3v) is 4.63. The van der Waals surface area contributed by atoms with Crippen LogP contribution in [0.3, 0.4) is 0 Å². The lowest BCUT2D eigenvalue weighted by atomic mass is 9.94. The molecular formula is C15H29N3O. The van der Waals surface area contributed by atoms with Crippen molar-refractivity contribution in [3.8, 4) is 0 Å². The quantitative estimate of drug-likeness (QED) is 0.841. The van der Waals surface area contributed by atoms with Crippen LogP contribution in [0.15, 0.2) is 0 Å². The van der Waals surface area contributed by atoms with Crippen molar-refractivity contribution in [2.24, 2.45) is 5.73 Å². The van der Waals surface area contributed by atoms with Crippen molar-refractivity contribution in [1.82, 2.24) is 9.80 Å². The smallest absolute Gasteiger partial charge is 0.239 e. The van der Waals surface area contributed by atoms with E-state index in [9.17, 15) is 4.79 Å². The maximum atomic E-state index is 12.2. The molecule has 2 fully saturated rings. The second-order valence-electron chi connectivity index (χ2n) is 6.05. The van der Waals surface area contributed by atoms with Gasteiger partial charge in [-0.05, 0) is 19.3 Å². The van der Waals surface area contributed by atoms with Crippen molar-refractivity contribution in [2.75, 3.05) is 26.2 Å². The Labute approximate surface area is 117 Å². The number of carbonyl (C=O) groups is 1. The van der Waals surface area contributed by atoms with Crippen LogP contribution < -0.4 is 5.73 Å². The minimum atomic E-state index is -0.286. The summed E-state index contributed by atoms with van der Waals surface area (Å²) in [6.45, 7) is 5.89. The number of piperazine rings is 1. The first kappa shape index (κ1) is 14.8. The van der Waals surface area contributed by atoms with Gasteiger partial charge in [0.25, 0.3) is 0 Å². The Balaban J connectivity index is 1.76. The van der Waals surface area contributed by atoms with Gasteiger partial charge in [0, 0.05) is 32.2 Å². The first-order valence-electron chi connectivity index (χ1n) is 8.00. The summed E-state index contributed by atoms with van der Waals surface area (Å²) in [5.41, 5.74) is 5.93. The average molecular weight is 267 g/mol. The Hall–Kier alpha value is -0.610. The van der Waals surface area contributed by atoms with Crippen LogP contribution in [0.4, 0.5) is 0 Å². The zero-order valence-electron chi connectivity index (χ0n) is 12.3. The van der Waals surface area contributed by atoms with E-state index < -0.39 is 0 Å². The Morgan fingerprint density at radius 1 is 1.16 bits per heavy atom. The highest BCUT2D eigenvalue weighted by Crippen LogP contribution is 2.23. The fourth-order valence-electron chi connectivity index (χ4n) is 3.42. The van der Waals surface area contributed by atoms with E-state index in [4.69, 9.17) is 5.73 Å². The molecule has 0 unspecified atom stereocenters. The first-order valence-corrected chi connectivity index (χ1v) is 8.00. The predicted octanol–water partition coefficient (Wildman–Crippen LogP) is 1.59. The molecule has 0 radical (unpaired) electrons. The third-order valence-electron chi connectivity index (χ3n) is 4.63. The largest absolute Gasteiger partial charge is 0.339 e. The van der Waals surface area contributed by atoms with E-state index in [-0.39, 0.29) is 11.9 Å². The van der Waals surface area contributed by atoms with Crippen LogP contribution in [0.25, 0.3) is 0 Å². The maximum Gasteiger partial charge on any atom is 0.239 e. The molecule has 0 aromatic carbocycles. The standard InChI is InChI=1S/C15H29N3O/c1-2-6-14(16)15(19)18-11-9-17(10-12-18)13-7-4-3-5-8-13/h13-14H,2-12,16H2,1H3/t14-/m1/s1. The normalized spacial score (nSPS) is 24.4. The lowest BCUT2D eigenvalue weighted by Crippen LogP contribution is -2.55. The highest BCUT2D eigenvalue weighted by atomic mass is 16.2. The number of nitrogens with two attached hydrogens (primary N) is 1. The lowest BCUT2D eigenvalue weighted by Gasteiger charge is -2.41. The lowest BCUT2D eigenvalue weighted by molar-refractivity contribution is -0.135. The van der Waals surface area contributed by atoms with E-state index in [0.717, 1.165) is 45.1 Å². The van der Waals surface area contributed by atoms with Gasteiger partial charge in [-0.25, -0.2) is 0 Å². The number of rotatable bonds is 4. The minimum absolute atomic E-state index is 0.158. The van der Waals surface area contributed by atoms with Crippen molar-refractivity contribution in [3.05, 3.63) is 0 Å². The van der Waals surface area contributed by atoms with Crippen molar-refractivity contribution < 1.29 is 4.79 Å². The van der Waals surface area contributed by atoms with Gasteiger partial charge in [0.1, 0.15) is 0 Å². The van der Waals surface area contributed by atoms with Gasteiger partial charge in [-0.3, -0.25) is 9.69 Å². The van der Waals surface area contributed by atoms with Crippen LogP contribution in [0.2, 0.25) is 0 Å². The topological polar surface area (TPSA) is 49.6 Å². The molecule has 2 N–H and O–H groups in total. The summed E-state index contributed by atoms with van der Waals surface area (Å²) in [4.78, 5) is 16.7. The molecule has 0 aromatic heterocycles. The number of hydrogen-bond acceptors (Lipinski definition) is 3.